The van der Waals surface area contributed by atoms with Crippen LogP contribution in [0.15, 0.2) is 18.2 Å². The molecule has 100 valence electrons. The molecule has 0 aromatic heterocycles. The van der Waals surface area contributed by atoms with E-state index in [2.05, 4.69) is 11.4 Å². The summed E-state index contributed by atoms with van der Waals surface area (Å²) in [5, 5.41) is 3.35. The van der Waals surface area contributed by atoms with Gasteiger partial charge in [-0.3, -0.25) is 0 Å². The van der Waals surface area contributed by atoms with E-state index in [-0.39, 0.29) is 5.75 Å². The van der Waals surface area contributed by atoms with Gasteiger partial charge in [0.1, 0.15) is 15.6 Å². The summed E-state index contributed by atoms with van der Waals surface area (Å²) in [6.45, 7) is 1.40. The molecule has 0 unspecified atom stereocenters. The molecule has 1 aliphatic heterocycles. The highest BCUT2D eigenvalue weighted by Gasteiger charge is 2.13. The fraction of sp³-hybridized carbons (Fsp3) is 0.538. The lowest BCUT2D eigenvalue weighted by atomic mass is 10.0. The summed E-state index contributed by atoms with van der Waals surface area (Å²) < 4.78 is 27.7. The van der Waals surface area contributed by atoms with Crippen molar-refractivity contribution in [3.8, 4) is 5.75 Å². The summed E-state index contributed by atoms with van der Waals surface area (Å²) in [4.78, 5) is 0. The van der Waals surface area contributed by atoms with Crippen molar-refractivity contribution in [3.05, 3.63) is 23.8 Å². The van der Waals surface area contributed by atoms with Gasteiger partial charge in [0.15, 0.2) is 0 Å². The summed E-state index contributed by atoms with van der Waals surface area (Å²) in [7, 11) is -2.89. The van der Waals surface area contributed by atoms with Crippen LogP contribution in [0.1, 0.15) is 18.4 Å². The van der Waals surface area contributed by atoms with Crippen molar-refractivity contribution < 1.29 is 13.2 Å². The van der Waals surface area contributed by atoms with Crippen molar-refractivity contribution in [2.45, 2.75) is 19.3 Å². The lowest BCUT2D eigenvalue weighted by Crippen LogP contribution is -2.14. The van der Waals surface area contributed by atoms with Gasteiger partial charge in [-0.2, -0.15) is 0 Å². The van der Waals surface area contributed by atoms with E-state index in [0.29, 0.717) is 13.0 Å². The number of hydrogen-bond acceptors (Lipinski definition) is 4. The summed E-state index contributed by atoms with van der Waals surface area (Å²) >= 11 is 0. The van der Waals surface area contributed by atoms with Crippen molar-refractivity contribution in [3.63, 3.8) is 0 Å². The van der Waals surface area contributed by atoms with Gasteiger partial charge in [-0.05, 0) is 30.9 Å². The van der Waals surface area contributed by atoms with E-state index in [1.165, 1.54) is 11.8 Å². The molecule has 0 saturated heterocycles. The van der Waals surface area contributed by atoms with Gasteiger partial charge in [0.05, 0.1) is 18.0 Å². The largest absolute Gasteiger partial charge is 0.491 e. The number of ether oxygens (including phenoxy) is 1. The molecule has 5 heteroatoms. The first-order chi connectivity index (χ1) is 8.56. The number of nitrogens with one attached hydrogen (secondary N) is 1. The van der Waals surface area contributed by atoms with Crippen LogP contribution < -0.4 is 10.1 Å². The predicted molar refractivity (Wildman–Crippen MR) is 73.1 cm³/mol. The lowest BCUT2D eigenvalue weighted by molar-refractivity contribution is 0.318. The number of anilines is 1. The maximum atomic E-state index is 11.0. The minimum atomic E-state index is -2.89. The van der Waals surface area contributed by atoms with Gasteiger partial charge in [-0.25, -0.2) is 8.42 Å². The van der Waals surface area contributed by atoms with Crippen molar-refractivity contribution >= 4 is 15.5 Å². The zero-order chi connectivity index (χ0) is 13.0. The second kappa shape index (κ2) is 5.61. The van der Waals surface area contributed by atoms with Crippen molar-refractivity contribution in [2.75, 3.05) is 30.5 Å². The van der Waals surface area contributed by atoms with Gasteiger partial charge < -0.3 is 10.1 Å². The molecular formula is C13H19NO3S. The predicted octanol–water partition coefficient (Wildman–Crippen LogP) is 1.86. The minimum absolute atomic E-state index is 0.176. The first-order valence-electron chi connectivity index (χ1n) is 6.22. The van der Waals surface area contributed by atoms with Gasteiger partial charge in [-0.15, -0.1) is 0 Å². The molecular weight excluding hydrogens is 250 g/mol. The average molecular weight is 269 g/mol. The van der Waals surface area contributed by atoms with Crippen molar-refractivity contribution in [1.29, 1.82) is 0 Å². The topological polar surface area (TPSA) is 55.4 Å². The molecule has 1 aromatic rings. The molecule has 2 rings (SSSR count). The summed E-state index contributed by atoms with van der Waals surface area (Å²) in [5.74, 6) is 1.01. The number of benzene rings is 1. The Bertz CT molecular complexity index is 511. The number of rotatable bonds is 5. The van der Waals surface area contributed by atoms with Crippen LogP contribution in [-0.4, -0.2) is 33.6 Å². The Hall–Kier alpha value is -1.23. The Morgan fingerprint density at radius 1 is 1.39 bits per heavy atom. The molecule has 1 aliphatic rings. The van der Waals surface area contributed by atoms with E-state index in [4.69, 9.17) is 4.74 Å². The molecule has 0 saturated carbocycles. The molecule has 1 heterocycles. The van der Waals surface area contributed by atoms with Gasteiger partial charge in [0.2, 0.25) is 0 Å². The van der Waals surface area contributed by atoms with E-state index >= 15 is 0 Å². The average Bonchev–Trinajstić information content (AvgIpc) is 2.33. The van der Waals surface area contributed by atoms with Crippen LogP contribution in [0, 0.1) is 0 Å². The number of sulfone groups is 1. The van der Waals surface area contributed by atoms with Crippen LogP contribution in [0.25, 0.3) is 0 Å². The highest BCUT2D eigenvalue weighted by atomic mass is 32.2. The molecule has 4 nitrogen and oxygen atoms in total. The minimum Gasteiger partial charge on any atom is -0.491 e. The first kappa shape index (κ1) is 13.2. The highest BCUT2D eigenvalue weighted by Crippen LogP contribution is 2.31. The number of hydrogen-bond donors (Lipinski definition) is 1. The monoisotopic (exact) mass is 269 g/mol. The third-order valence-corrected chi connectivity index (χ3v) is 3.98. The van der Waals surface area contributed by atoms with Crippen LogP contribution in [0.5, 0.6) is 5.75 Å². The Labute approximate surface area is 108 Å². The standard InChI is InChI=1S/C13H19NO3S/c1-18(15,16)10-4-9-17-12-7-2-5-11-6-3-8-14-13(11)12/h2,5,7,14H,3-4,6,8-10H2,1H3. The second-order valence-corrected chi connectivity index (χ2v) is 6.91. The Balaban J connectivity index is 1.93. The van der Waals surface area contributed by atoms with E-state index in [0.717, 1.165) is 30.8 Å². The maximum Gasteiger partial charge on any atom is 0.147 e. The van der Waals surface area contributed by atoms with E-state index in [1.54, 1.807) is 0 Å². The molecule has 0 fully saturated rings. The van der Waals surface area contributed by atoms with E-state index in [1.807, 2.05) is 12.1 Å². The zero-order valence-corrected chi connectivity index (χ0v) is 11.4. The number of para-hydroxylation sites is 1. The smallest absolute Gasteiger partial charge is 0.147 e. The molecule has 0 amide bonds. The lowest BCUT2D eigenvalue weighted by Gasteiger charge is -2.21. The van der Waals surface area contributed by atoms with Crippen LogP contribution in [-0.2, 0) is 16.3 Å². The molecule has 0 bridgehead atoms. The molecule has 18 heavy (non-hydrogen) atoms. The van der Waals surface area contributed by atoms with Crippen molar-refractivity contribution in [2.24, 2.45) is 0 Å². The molecule has 1 N–H and O–H groups in total. The summed E-state index contributed by atoms with van der Waals surface area (Å²) in [5.41, 5.74) is 2.35. The van der Waals surface area contributed by atoms with Gasteiger partial charge >= 0.3 is 0 Å². The highest BCUT2D eigenvalue weighted by molar-refractivity contribution is 7.90. The van der Waals surface area contributed by atoms with Crippen LogP contribution in [0.4, 0.5) is 5.69 Å². The maximum absolute atomic E-state index is 11.0. The van der Waals surface area contributed by atoms with Gasteiger partial charge in [0.25, 0.3) is 0 Å². The Morgan fingerprint density at radius 2 is 2.22 bits per heavy atom. The second-order valence-electron chi connectivity index (χ2n) is 4.65. The molecule has 1 aromatic carbocycles. The molecule has 0 aliphatic carbocycles. The quantitative estimate of drug-likeness (QED) is 0.829. The fourth-order valence-electron chi connectivity index (χ4n) is 2.10. The fourth-order valence-corrected chi connectivity index (χ4v) is 2.74. The third kappa shape index (κ3) is 3.63. The summed E-state index contributed by atoms with van der Waals surface area (Å²) in [6.07, 6.45) is 3.99. The van der Waals surface area contributed by atoms with E-state index in [9.17, 15) is 8.42 Å². The Kier molecular flexibility index (Phi) is 4.11. The molecule has 0 atom stereocenters. The first-order valence-corrected chi connectivity index (χ1v) is 8.28. The van der Waals surface area contributed by atoms with E-state index < -0.39 is 9.84 Å². The normalized spacial score (nSPS) is 14.7. The zero-order valence-electron chi connectivity index (χ0n) is 10.6. The van der Waals surface area contributed by atoms with Crippen LogP contribution in [0.3, 0.4) is 0 Å². The van der Waals surface area contributed by atoms with Crippen LogP contribution in [0.2, 0.25) is 0 Å². The third-order valence-electron chi connectivity index (χ3n) is 2.95. The van der Waals surface area contributed by atoms with Gasteiger partial charge in [-0.1, -0.05) is 12.1 Å². The Morgan fingerprint density at radius 3 is 3.00 bits per heavy atom. The van der Waals surface area contributed by atoms with Gasteiger partial charge in [0, 0.05) is 12.8 Å². The van der Waals surface area contributed by atoms with Crippen LogP contribution >= 0.6 is 0 Å². The molecule has 0 radical (unpaired) electrons. The number of fused-ring (bicyclic) bond motifs is 1. The summed E-state index contributed by atoms with van der Waals surface area (Å²) in [6, 6.07) is 6.01. The SMILES string of the molecule is CS(=O)(=O)CCCOc1cccc2c1NCCC2. The van der Waals surface area contributed by atoms with Crippen molar-refractivity contribution in [1.82, 2.24) is 0 Å². The molecule has 0 spiro atoms. The number of aryl methyl sites for hydroxylation is 1.